The quantitative estimate of drug-likeness (QED) is 0.325. The average molecular weight is 519 g/mol. The number of rotatable bonds is 9. The van der Waals surface area contributed by atoms with Crippen molar-refractivity contribution in [3.8, 4) is 5.75 Å². The number of anilines is 1. The van der Waals surface area contributed by atoms with Gasteiger partial charge in [0.25, 0.3) is 0 Å². The van der Waals surface area contributed by atoms with Crippen molar-refractivity contribution in [3.05, 3.63) is 41.4 Å². The Kier molecular flexibility index (Phi) is 7.17. The van der Waals surface area contributed by atoms with Crippen LogP contribution in [0.3, 0.4) is 0 Å². The van der Waals surface area contributed by atoms with E-state index in [9.17, 15) is 13.2 Å². The zero-order valence-electron chi connectivity index (χ0n) is 19.3. The molecule has 4 rings (SSSR count). The van der Waals surface area contributed by atoms with Crippen LogP contribution < -0.4 is 14.8 Å². The van der Waals surface area contributed by atoms with Crippen molar-refractivity contribution in [3.63, 3.8) is 0 Å². The van der Waals surface area contributed by atoms with Gasteiger partial charge in [-0.05, 0) is 62.6 Å². The fourth-order valence-electron chi connectivity index (χ4n) is 3.53. The first kappa shape index (κ1) is 24.5. The van der Waals surface area contributed by atoms with Gasteiger partial charge in [-0.25, -0.2) is 18.4 Å². The maximum atomic E-state index is 13.1. The normalized spacial score (nSPS) is 13.0. The second-order valence-electron chi connectivity index (χ2n) is 8.24. The van der Waals surface area contributed by atoms with Crippen LogP contribution in [0.15, 0.2) is 41.3 Å². The van der Waals surface area contributed by atoms with Gasteiger partial charge in [0.15, 0.2) is 5.13 Å². The Morgan fingerprint density at radius 1 is 1.06 bits per heavy atom. The molecule has 0 spiro atoms. The third kappa shape index (κ3) is 5.54. The number of benzene rings is 2. The van der Waals surface area contributed by atoms with E-state index in [2.05, 4.69) is 20.0 Å². The van der Waals surface area contributed by atoms with Crippen molar-refractivity contribution in [2.45, 2.75) is 45.1 Å². The molecule has 2 aromatic carbocycles. The number of carbonyl (C=O) groups excluding carboxylic acids is 1. The van der Waals surface area contributed by atoms with Crippen LogP contribution in [0.25, 0.3) is 20.4 Å². The molecule has 11 heteroatoms. The summed E-state index contributed by atoms with van der Waals surface area (Å²) in [5.74, 6) is 0.375. The van der Waals surface area contributed by atoms with Crippen LogP contribution in [-0.2, 0) is 14.8 Å². The van der Waals surface area contributed by atoms with E-state index >= 15 is 0 Å². The van der Waals surface area contributed by atoms with Crippen LogP contribution in [0.2, 0.25) is 0 Å². The lowest BCUT2D eigenvalue weighted by molar-refractivity contribution is -0.118. The summed E-state index contributed by atoms with van der Waals surface area (Å²) in [6, 6.07) is 9.37. The first-order chi connectivity index (χ1) is 16.1. The number of fused-ring (bicyclic) bond motifs is 2. The summed E-state index contributed by atoms with van der Waals surface area (Å²) in [6.07, 6.45) is 0.340. The van der Waals surface area contributed by atoms with E-state index in [1.54, 1.807) is 12.1 Å². The van der Waals surface area contributed by atoms with Crippen LogP contribution in [0.4, 0.5) is 5.13 Å². The predicted octanol–water partition coefficient (Wildman–Crippen LogP) is 4.94. The Morgan fingerprint density at radius 3 is 2.50 bits per heavy atom. The number of amides is 1. The van der Waals surface area contributed by atoms with Crippen molar-refractivity contribution < 1.29 is 17.9 Å². The molecule has 2 heterocycles. The summed E-state index contributed by atoms with van der Waals surface area (Å²) >= 11 is 2.74. The third-order valence-corrected chi connectivity index (χ3v) is 8.34. The van der Waals surface area contributed by atoms with Crippen molar-refractivity contribution in [1.82, 2.24) is 14.7 Å². The highest BCUT2D eigenvalue weighted by Gasteiger charge is 2.27. The van der Waals surface area contributed by atoms with Gasteiger partial charge >= 0.3 is 0 Å². The molecule has 8 nitrogen and oxygen atoms in total. The summed E-state index contributed by atoms with van der Waals surface area (Å²) < 4.78 is 36.0. The zero-order chi connectivity index (χ0) is 24.5. The van der Waals surface area contributed by atoms with E-state index in [0.29, 0.717) is 18.2 Å². The molecular formula is C23H26N4O4S3. The Morgan fingerprint density at radius 2 is 1.76 bits per heavy atom. The molecule has 34 heavy (non-hydrogen) atoms. The van der Waals surface area contributed by atoms with Crippen LogP contribution in [0.5, 0.6) is 5.75 Å². The molecule has 2 N–H and O–H groups in total. The largest absolute Gasteiger partial charge is 0.494 e. The monoisotopic (exact) mass is 518 g/mol. The Labute approximate surface area is 206 Å². The number of nitrogens with one attached hydrogen (secondary N) is 2. The molecule has 0 aliphatic heterocycles. The maximum Gasteiger partial charge on any atom is 0.244 e. The second-order valence-corrected chi connectivity index (χ2v) is 12.2. The molecule has 1 amide bonds. The minimum absolute atomic E-state index is 0.0918. The molecule has 0 aliphatic carbocycles. The fraction of sp³-hybridized carbons (Fsp3) is 0.348. The standard InChI is InChI=1S/C23H26N4O4S3/c1-5-31-15-6-8-18-20(11-15)33-23(25-18)26-22(28)19(10-13(2)3)27-34(29,30)16-7-9-17-21(12-16)32-14(4)24-17/h6-9,11-13,19,27H,5,10H2,1-4H3,(H,25,26,28)/t19-/m0/s1. The van der Waals surface area contributed by atoms with E-state index in [1.807, 2.05) is 45.9 Å². The zero-order valence-corrected chi connectivity index (χ0v) is 21.7. The lowest BCUT2D eigenvalue weighted by atomic mass is 10.0. The average Bonchev–Trinajstić information content (AvgIpc) is 3.33. The number of aryl methyl sites for hydroxylation is 1. The van der Waals surface area contributed by atoms with Gasteiger partial charge < -0.3 is 10.1 Å². The highest BCUT2D eigenvalue weighted by atomic mass is 32.2. The molecule has 0 fully saturated rings. The lowest BCUT2D eigenvalue weighted by Crippen LogP contribution is -2.44. The van der Waals surface area contributed by atoms with Crippen LogP contribution in [0.1, 0.15) is 32.2 Å². The smallest absolute Gasteiger partial charge is 0.244 e. The molecule has 4 aromatic rings. The number of hydrogen-bond donors (Lipinski definition) is 2. The summed E-state index contributed by atoms with van der Waals surface area (Å²) in [5, 5.41) is 4.05. The van der Waals surface area contributed by atoms with Gasteiger partial charge in [0.2, 0.25) is 15.9 Å². The molecule has 0 saturated carbocycles. The molecule has 2 aromatic heterocycles. The van der Waals surface area contributed by atoms with Crippen LogP contribution in [-0.4, -0.2) is 36.9 Å². The molecule has 0 radical (unpaired) electrons. The SMILES string of the molecule is CCOc1ccc2nc(NC(=O)[C@H](CC(C)C)NS(=O)(=O)c3ccc4nc(C)sc4c3)sc2c1. The van der Waals surface area contributed by atoms with Gasteiger partial charge in [0, 0.05) is 0 Å². The first-order valence-electron chi connectivity index (χ1n) is 10.9. The number of carbonyl (C=O) groups is 1. The summed E-state index contributed by atoms with van der Waals surface area (Å²) in [7, 11) is -3.93. The maximum absolute atomic E-state index is 13.1. The third-order valence-electron chi connectivity index (χ3n) is 5.00. The second kappa shape index (κ2) is 9.95. The fourth-order valence-corrected chi connectivity index (χ4v) is 6.60. The molecule has 1 atom stereocenters. The number of aromatic nitrogens is 2. The number of hydrogen-bond acceptors (Lipinski definition) is 8. The topological polar surface area (TPSA) is 110 Å². The first-order valence-corrected chi connectivity index (χ1v) is 14.0. The highest BCUT2D eigenvalue weighted by Crippen LogP contribution is 2.30. The lowest BCUT2D eigenvalue weighted by Gasteiger charge is -2.19. The molecular weight excluding hydrogens is 492 g/mol. The van der Waals surface area contributed by atoms with Gasteiger partial charge in [-0.1, -0.05) is 25.2 Å². The number of ether oxygens (including phenoxy) is 1. The number of sulfonamides is 1. The van der Waals surface area contributed by atoms with Crippen molar-refractivity contribution >= 4 is 64.2 Å². The Hall–Kier alpha value is -2.60. The Bertz CT molecular complexity index is 1440. The van der Waals surface area contributed by atoms with Gasteiger partial charge in [0.05, 0.1) is 36.9 Å². The molecule has 0 aliphatic rings. The molecule has 180 valence electrons. The van der Waals surface area contributed by atoms with Crippen LogP contribution in [0, 0.1) is 12.8 Å². The van der Waals surface area contributed by atoms with E-state index in [0.717, 1.165) is 31.2 Å². The van der Waals surface area contributed by atoms with Gasteiger partial charge in [-0.3, -0.25) is 4.79 Å². The Balaban J connectivity index is 1.55. The predicted molar refractivity (Wildman–Crippen MR) is 137 cm³/mol. The van der Waals surface area contributed by atoms with Crippen molar-refractivity contribution in [2.75, 3.05) is 11.9 Å². The highest BCUT2D eigenvalue weighted by molar-refractivity contribution is 7.89. The minimum Gasteiger partial charge on any atom is -0.494 e. The molecule has 0 unspecified atom stereocenters. The van der Waals surface area contributed by atoms with Crippen molar-refractivity contribution in [1.29, 1.82) is 0 Å². The molecule has 0 bridgehead atoms. The van der Waals surface area contributed by atoms with E-state index in [1.165, 1.54) is 28.7 Å². The number of nitrogens with zero attached hydrogens (tertiary/aromatic N) is 2. The van der Waals surface area contributed by atoms with Crippen LogP contribution >= 0.6 is 22.7 Å². The van der Waals surface area contributed by atoms with Gasteiger partial charge in [0.1, 0.15) is 11.8 Å². The van der Waals surface area contributed by atoms with Gasteiger partial charge in [-0.2, -0.15) is 4.72 Å². The minimum atomic E-state index is -3.93. The van der Waals surface area contributed by atoms with E-state index < -0.39 is 22.0 Å². The van der Waals surface area contributed by atoms with E-state index in [4.69, 9.17) is 4.74 Å². The summed E-state index contributed by atoms with van der Waals surface area (Å²) in [6.45, 7) is 8.22. The molecule has 0 saturated heterocycles. The summed E-state index contributed by atoms with van der Waals surface area (Å²) in [5.41, 5.74) is 1.49. The van der Waals surface area contributed by atoms with Gasteiger partial charge in [-0.15, -0.1) is 11.3 Å². The summed E-state index contributed by atoms with van der Waals surface area (Å²) in [4.78, 5) is 22.0. The van der Waals surface area contributed by atoms with E-state index in [-0.39, 0.29) is 10.8 Å². The number of thiazole rings is 2. The van der Waals surface area contributed by atoms with Crippen molar-refractivity contribution in [2.24, 2.45) is 5.92 Å².